The summed E-state index contributed by atoms with van der Waals surface area (Å²) in [7, 11) is 0. The van der Waals surface area contributed by atoms with Gasteiger partial charge in [-0.2, -0.15) is 0 Å². The van der Waals surface area contributed by atoms with Crippen molar-refractivity contribution < 1.29 is 18.4 Å². The lowest BCUT2D eigenvalue weighted by Gasteiger charge is -2.21. The average Bonchev–Trinajstić information content (AvgIpc) is 2.45. The van der Waals surface area contributed by atoms with Crippen molar-refractivity contribution >= 4 is 23.2 Å². The molecular formula is C17H16F2N2O2. The Bertz CT molecular complexity index is 747. The summed E-state index contributed by atoms with van der Waals surface area (Å²) in [6, 6.07) is 9.98. The summed E-state index contributed by atoms with van der Waals surface area (Å²) in [4.78, 5) is 24.8. The van der Waals surface area contributed by atoms with E-state index in [9.17, 15) is 18.4 Å². The van der Waals surface area contributed by atoms with Crippen molar-refractivity contribution in [1.29, 1.82) is 0 Å². The lowest BCUT2D eigenvalue weighted by molar-refractivity contribution is -0.120. The van der Waals surface area contributed by atoms with Crippen LogP contribution in [-0.4, -0.2) is 18.4 Å². The number of carbonyl (C=O) groups excluding carboxylic acids is 2. The van der Waals surface area contributed by atoms with Crippen LogP contribution in [-0.2, 0) is 9.59 Å². The summed E-state index contributed by atoms with van der Waals surface area (Å²) in [6.07, 6.45) is 0. The molecule has 0 aliphatic heterocycles. The van der Waals surface area contributed by atoms with Gasteiger partial charge in [0.15, 0.2) is 0 Å². The number of hydrogen-bond donors (Lipinski definition) is 1. The highest BCUT2D eigenvalue weighted by molar-refractivity contribution is 6.01. The second kappa shape index (κ2) is 7.00. The molecular weight excluding hydrogens is 302 g/mol. The van der Waals surface area contributed by atoms with E-state index in [4.69, 9.17) is 0 Å². The van der Waals surface area contributed by atoms with Crippen LogP contribution in [0.25, 0.3) is 0 Å². The van der Waals surface area contributed by atoms with Crippen LogP contribution in [0.1, 0.15) is 12.5 Å². The van der Waals surface area contributed by atoms with Crippen molar-refractivity contribution in [1.82, 2.24) is 0 Å². The van der Waals surface area contributed by atoms with E-state index in [1.165, 1.54) is 6.92 Å². The van der Waals surface area contributed by atoms with Gasteiger partial charge in [-0.05, 0) is 36.8 Å². The number of nitrogens with zero attached hydrogens (tertiary/aromatic N) is 1. The van der Waals surface area contributed by atoms with Crippen LogP contribution in [0.5, 0.6) is 0 Å². The van der Waals surface area contributed by atoms with Gasteiger partial charge in [0.05, 0.1) is 5.69 Å². The lowest BCUT2D eigenvalue weighted by atomic mass is 10.2. The predicted molar refractivity (Wildman–Crippen MR) is 84.2 cm³/mol. The maximum Gasteiger partial charge on any atom is 0.244 e. The summed E-state index contributed by atoms with van der Waals surface area (Å²) >= 11 is 0. The van der Waals surface area contributed by atoms with Gasteiger partial charge in [-0.1, -0.05) is 12.1 Å². The maximum absolute atomic E-state index is 13.8. The normalized spacial score (nSPS) is 10.3. The predicted octanol–water partition coefficient (Wildman–Crippen LogP) is 3.26. The van der Waals surface area contributed by atoms with Crippen LogP contribution >= 0.6 is 0 Å². The molecule has 6 heteroatoms. The van der Waals surface area contributed by atoms with Crippen LogP contribution in [0.15, 0.2) is 42.5 Å². The number of benzene rings is 2. The summed E-state index contributed by atoms with van der Waals surface area (Å²) in [5.74, 6) is -2.65. The molecule has 0 saturated heterocycles. The smallest absolute Gasteiger partial charge is 0.244 e. The van der Waals surface area contributed by atoms with Gasteiger partial charge in [-0.15, -0.1) is 0 Å². The zero-order valence-corrected chi connectivity index (χ0v) is 12.8. The monoisotopic (exact) mass is 318 g/mol. The first-order valence-electron chi connectivity index (χ1n) is 6.96. The van der Waals surface area contributed by atoms with E-state index in [0.717, 1.165) is 22.6 Å². The molecule has 4 nitrogen and oxygen atoms in total. The molecule has 120 valence electrons. The molecule has 2 amide bonds. The van der Waals surface area contributed by atoms with Crippen LogP contribution in [0.2, 0.25) is 0 Å². The van der Waals surface area contributed by atoms with Crippen molar-refractivity contribution in [2.45, 2.75) is 13.8 Å². The van der Waals surface area contributed by atoms with E-state index in [2.05, 4.69) is 5.32 Å². The van der Waals surface area contributed by atoms with Gasteiger partial charge in [0.2, 0.25) is 11.8 Å². The van der Waals surface area contributed by atoms with Crippen molar-refractivity contribution in [2.75, 3.05) is 16.8 Å². The summed E-state index contributed by atoms with van der Waals surface area (Å²) in [6.45, 7) is 2.72. The number of amides is 2. The van der Waals surface area contributed by atoms with E-state index >= 15 is 0 Å². The number of rotatable bonds is 4. The zero-order chi connectivity index (χ0) is 17.0. The number of halogens is 2. The largest absolute Gasteiger partial charge is 0.325 e. The van der Waals surface area contributed by atoms with E-state index in [1.807, 2.05) is 13.0 Å². The molecule has 23 heavy (non-hydrogen) atoms. The van der Waals surface area contributed by atoms with E-state index in [1.54, 1.807) is 18.2 Å². The fourth-order valence-electron chi connectivity index (χ4n) is 2.13. The van der Waals surface area contributed by atoms with Crippen LogP contribution in [0, 0.1) is 18.6 Å². The van der Waals surface area contributed by atoms with Gasteiger partial charge in [-0.25, -0.2) is 8.78 Å². The minimum absolute atomic E-state index is 0.140. The zero-order valence-electron chi connectivity index (χ0n) is 12.8. The van der Waals surface area contributed by atoms with Crippen LogP contribution in [0.4, 0.5) is 20.2 Å². The molecule has 1 N–H and O–H groups in total. The number of aryl methyl sites for hydroxylation is 1. The maximum atomic E-state index is 13.8. The first-order chi connectivity index (χ1) is 10.9. The van der Waals surface area contributed by atoms with Crippen LogP contribution in [0.3, 0.4) is 0 Å². The topological polar surface area (TPSA) is 49.4 Å². The highest BCUT2D eigenvalue weighted by Gasteiger charge is 2.19. The Morgan fingerprint density at radius 1 is 1.13 bits per heavy atom. The standard InChI is InChI=1S/C17H16F2N2O2/c1-11-4-3-5-14(8-11)20-17(23)10-21(12(2)22)16-7-6-13(18)9-15(16)19/h3-9H,10H2,1-2H3,(H,20,23). The molecule has 2 aromatic carbocycles. The fourth-order valence-corrected chi connectivity index (χ4v) is 2.13. The highest BCUT2D eigenvalue weighted by atomic mass is 19.1. The molecule has 0 spiro atoms. The fraction of sp³-hybridized carbons (Fsp3) is 0.176. The lowest BCUT2D eigenvalue weighted by Crippen LogP contribution is -2.37. The first kappa shape index (κ1) is 16.6. The Morgan fingerprint density at radius 2 is 1.87 bits per heavy atom. The van der Waals surface area contributed by atoms with Crippen molar-refractivity contribution in [2.24, 2.45) is 0 Å². The molecule has 0 aliphatic carbocycles. The number of nitrogens with one attached hydrogen (secondary N) is 1. The SMILES string of the molecule is CC(=O)N(CC(=O)Nc1cccc(C)c1)c1ccc(F)cc1F. The molecule has 0 heterocycles. The Morgan fingerprint density at radius 3 is 2.48 bits per heavy atom. The summed E-state index contributed by atoms with van der Waals surface area (Å²) in [5.41, 5.74) is 1.41. The molecule has 0 saturated carbocycles. The van der Waals surface area contributed by atoms with Crippen LogP contribution < -0.4 is 10.2 Å². The second-order valence-corrected chi connectivity index (χ2v) is 5.12. The molecule has 2 aromatic rings. The number of hydrogen-bond acceptors (Lipinski definition) is 2. The van der Waals surface area contributed by atoms with Crippen molar-refractivity contribution in [3.63, 3.8) is 0 Å². The molecule has 0 atom stereocenters. The van der Waals surface area contributed by atoms with Gasteiger partial charge in [0, 0.05) is 18.7 Å². The molecule has 0 fully saturated rings. The Balaban J connectivity index is 2.16. The third kappa shape index (κ3) is 4.35. The number of anilines is 2. The molecule has 0 radical (unpaired) electrons. The Kier molecular flexibility index (Phi) is 5.05. The average molecular weight is 318 g/mol. The minimum Gasteiger partial charge on any atom is -0.325 e. The number of carbonyl (C=O) groups is 2. The van der Waals surface area contributed by atoms with Gasteiger partial charge in [0.1, 0.15) is 18.2 Å². The first-order valence-corrected chi connectivity index (χ1v) is 6.96. The quantitative estimate of drug-likeness (QED) is 0.940. The molecule has 0 aliphatic rings. The van der Waals surface area contributed by atoms with Gasteiger partial charge in [0.25, 0.3) is 0 Å². The molecule has 0 aromatic heterocycles. The van der Waals surface area contributed by atoms with E-state index < -0.39 is 23.4 Å². The molecule has 0 unspecified atom stereocenters. The highest BCUT2D eigenvalue weighted by Crippen LogP contribution is 2.20. The third-order valence-corrected chi connectivity index (χ3v) is 3.18. The van der Waals surface area contributed by atoms with Gasteiger partial charge >= 0.3 is 0 Å². The second-order valence-electron chi connectivity index (χ2n) is 5.12. The molecule has 2 rings (SSSR count). The Hall–Kier alpha value is -2.76. The van der Waals surface area contributed by atoms with E-state index in [0.29, 0.717) is 11.8 Å². The van der Waals surface area contributed by atoms with Crippen molar-refractivity contribution in [3.8, 4) is 0 Å². The van der Waals surface area contributed by atoms with Gasteiger partial charge < -0.3 is 10.2 Å². The summed E-state index contributed by atoms with van der Waals surface area (Å²) in [5, 5.41) is 2.64. The van der Waals surface area contributed by atoms with E-state index in [-0.39, 0.29) is 12.2 Å². The Labute approximate surface area is 132 Å². The minimum atomic E-state index is -0.899. The molecule has 0 bridgehead atoms. The third-order valence-electron chi connectivity index (χ3n) is 3.18. The van der Waals surface area contributed by atoms with Gasteiger partial charge in [-0.3, -0.25) is 9.59 Å². The van der Waals surface area contributed by atoms with Crippen molar-refractivity contribution in [3.05, 3.63) is 59.7 Å². The summed E-state index contributed by atoms with van der Waals surface area (Å²) < 4.78 is 26.8.